The van der Waals surface area contributed by atoms with Crippen LogP contribution in [0.2, 0.25) is 0 Å². The van der Waals surface area contributed by atoms with E-state index in [-0.39, 0.29) is 450 Å². The number of phosphoric acid groups is 1. The van der Waals surface area contributed by atoms with Crippen LogP contribution in [0.15, 0.2) is 0 Å². The molecular weight excluding hydrogens is 1820 g/mol. The average Bonchev–Trinajstić information content (AvgIpc) is 0.722. The van der Waals surface area contributed by atoms with Crippen LogP contribution >= 0.6 is 7.82 Å². The fourth-order valence-corrected chi connectivity index (χ4v) is 0. The van der Waals surface area contributed by atoms with E-state index in [9.17, 15) is 0 Å². The Balaban J connectivity index is -0.0000000000709. The molecule has 0 saturated heterocycles. The van der Waals surface area contributed by atoms with Gasteiger partial charge in [-0.05, 0) is 0 Å². The van der Waals surface area contributed by atoms with Gasteiger partial charge in [0.05, 0.1) is 0 Å². The first-order chi connectivity index (χ1) is 2.00. The molecule has 75 N–H and O–H groups in total. The van der Waals surface area contributed by atoms with Gasteiger partial charge < -0.3 is 212 Å². The van der Waals surface area contributed by atoms with E-state index in [0.717, 1.165) is 0 Å². The quantitative estimate of drug-likeness (QED) is 0.157. The molecule has 0 unspecified atom stereocenters. The largest absolute Gasteiger partial charge is 0.466 e. The molecule has 0 spiro atoms. The Morgan fingerprint density at radius 3 is 0.151 bits per heavy atom. The topological polar surface area (TPSA) is 1210 Å². The van der Waals surface area contributed by atoms with E-state index in [1.807, 2.05) is 0 Å². The van der Waals surface area contributed by atoms with E-state index in [2.05, 4.69) is 0 Å². The van der Waals surface area contributed by atoms with Crippen LogP contribution in [0.1, 0.15) is 0 Å². The molecule has 0 heterocycles. The molecule has 0 bridgehead atoms. The van der Waals surface area contributed by atoms with Gasteiger partial charge >= 0.3 is 7.82 Å². The maximum Gasteiger partial charge on any atom is 0.466 e. The minimum Gasteiger partial charge on any atom is -0.412 e. The first-order valence-electron chi connectivity index (χ1n) is 0.783. The van der Waals surface area contributed by atoms with E-state index in [1.54, 1.807) is 0 Å². The van der Waals surface area contributed by atoms with Crippen molar-refractivity contribution in [2.45, 2.75) is 0 Å². The first kappa shape index (κ1) is 1740. The molecule has 53 heteroatoms. The number of hydrogen-bond donors (Lipinski definition) is 3. The summed E-state index contributed by atoms with van der Waals surface area (Å²) >= 11 is 0. The van der Waals surface area contributed by atoms with Crippen molar-refractivity contribution in [3.05, 3.63) is 0 Å². The molecule has 0 fully saturated rings. The molecule has 0 amide bonds. The van der Waals surface area contributed by atoms with Crippen molar-refractivity contribution in [1.82, 2.24) is 0 Å². The molecular formula is H75Mo12O40P. The molecule has 40 nitrogen and oxygen atoms in total. The fraction of sp³-hybridized carbons (Fsp3) is 0. The second-order valence-electron chi connectivity index (χ2n) is 0.513. The Morgan fingerprint density at radius 2 is 0.151 bits per heavy atom. The van der Waals surface area contributed by atoms with Gasteiger partial charge in [-0.1, -0.05) is 0 Å². The summed E-state index contributed by atoms with van der Waals surface area (Å²) in [6.45, 7) is 0. The van der Waals surface area contributed by atoms with E-state index in [0.29, 0.717) is 0 Å². The van der Waals surface area contributed by atoms with E-state index < -0.39 is 7.82 Å². The van der Waals surface area contributed by atoms with Gasteiger partial charge in [0.15, 0.2) is 0 Å². The summed E-state index contributed by atoms with van der Waals surface area (Å²) in [5.74, 6) is 0. The van der Waals surface area contributed by atoms with Crippen LogP contribution in [0.4, 0.5) is 0 Å². The normalized spacial score (nSPS) is 1.11. The van der Waals surface area contributed by atoms with Crippen LogP contribution in [0.5, 0.6) is 0 Å². The fourth-order valence-electron chi connectivity index (χ4n) is 0. The minimum atomic E-state index is -4.64. The summed E-state index contributed by atoms with van der Waals surface area (Å²) in [5, 5.41) is 0. The van der Waals surface area contributed by atoms with Gasteiger partial charge in [-0.25, -0.2) is 4.57 Å². The summed E-state index contributed by atoms with van der Waals surface area (Å²) < 4.78 is 8.88. The van der Waals surface area contributed by atoms with Gasteiger partial charge in [0.25, 0.3) is 0 Å². The molecule has 0 aromatic rings. The van der Waals surface area contributed by atoms with E-state index >= 15 is 0 Å². The third-order valence-electron chi connectivity index (χ3n) is 0. The summed E-state index contributed by atoms with van der Waals surface area (Å²) in [5.41, 5.74) is 0. The molecule has 0 aromatic carbocycles. The molecule has 0 aromatic heterocycles. The van der Waals surface area contributed by atoms with Gasteiger partial charge in [-0.3, -0.25) is 0 Å². The molecule has 0 radical (unpaired) electrons. The Labute approximate surface area is 470 Å². The molecule has 392 valence electrons. The minimum absolute atomic E-state index is 0. The summed E-state index contributed by atoms with van der Waals surface area (Å²) in [7, 11) is -4.64. The summed E-state index contributed by atoms with van der Waals surface area (Å²) in [6.07, 6.45) is 0. The van der Waals surface area contributed by atoms with E-state index in [4.69, 9.17) is 19.2 Å². The van der Waals surface area contributed by atoms with Gasteiger partial charge in [0.2, 0.25) is 0 Å². The van der Waals surface area contributed by atoms with Crippen LogP contribution in [0.3, 0.4) is 0 Å². The Bertz CT molecular complexity index is 93.9. The van der Waals surface area contributed by atoms with Gasteiger partial charge in [-0.15, -0.1) is 0 Å². The third kappa shape index (κ3) is 3980. The predicted octanol–water partition coefficient (Wildman–Crippen LogP) is -30.6. The third-order valence-corrected chi connectivity index (χ3v) is 0. The van der Waals surface area contributed by atoms with Crippen molar-refractivity contribution in [2.75, 3.05) is 0 Å². The van der Waals surface area contributed by atoms with Crippen LogP contribution in [-0.2, 0) is 257 Å². The first-order valence-corrected chi connectivity index (χ1v) is 2.35. The zero-order valence-electron chi connectivity index (χ0n) is 25.1. The van der Waals surface area contributed by atoms with Gasteiger partial charge in [0.1, 0.15) is 0 Å². The van der Waals surface area contributed by atoms with Crippen molar-refractivity contribution < 1.29 is 469 Å². The Hall–Kier alpha value is 6.93. The van der Waals surface area contributed by atoms with Crippen LogP contribution in [0, 0.1) is 0 Å². The molecule has 0 aliphatic heterocycles. The van der Waals surface area contributed by atoms with Crippen molar-refractivity contribution in [2.24, 2.45) is 0 Å². The average molecular weight is 1900 g/mol. The standard InChI is InChI=1S/12Mo.H3O4P.36H2O/c;;;;;;;;;;;;1-5(2,3)4;;;;;;;;;;;;;;;;;;;;;;;;;;;;;;;;;;;;/h;;;;;;;;;;;;(H3,1,2,3,4);36*1H2. The smallest absolute Gasteiger partial charge is 0.412 e. The zero-order valence-corrected chi connectivity index (χ0v) is 50.1. The maximum absolute atomic E-state index is 8.88. The van der Waals surface area contributed by atoms with Crippen molar-refractivity contribution in [3.8, 4) is 0 Å². The Kier molecular flexibility index (Phi) is 38900. The molecule has 0 rings (SSSR count). The van der Waals surface area contributed by atoms with Gasteiger partial charge in [0, 0.05) is 253 Å². The molecule has 0 aliphatic carbocycles. The second-order valence-corrected chi connectivity index (χ2v) is 1.54. The van der Waals surface area contributed by atoms with Crippen LogP contribution in [-0.4, -0.2) is 212 Å². The van der Waals surface area contributed by atoms with Crippen LogP contribution in [0.25, 0.3) is 0 Å². The predicted molar refractivity (Wildman–Crippen MR) is 144 cm³/mol. The van der Waals surface area contributed by atoms with E-state index in [1.165, 1.54) is 0 Å². The monoisotopic (exact) mass is 1920 g/mol. The molecule has 0 atom stereocenters. The summed E-state index contributed by atoms with van der Waals surface area (Å²) in [6, 6.07) is 0. The maximum atomic E-state index is 8.88. The number of hydrogen-bond acceptors (Lipinski definition) is 1. The van der Waals surface area contributed by atoms with Gasteiger partial charge in [-0.2, -0.15) is 0 Å². The van der Waals surface area contributed by atoms with Crippen molar-refractivity contribution >= 4 is 7.82 Å². The summed E-state index contributed by atoms with van der Waals surface area (Å²) in [4.78, 5) is 21.6. The number of rotatable bonds is 0. The molecule has 0 saturated carbocycles. The molecule has 0 aliphatic rings. The SMILES string of the molecule is O.O.O.O.O.O.O.O.O.O.O.O.O.O.O.O.O.O.O.O.O.O.O.O.O.O.O.O.O.O.O.O.O.O.O.O.O=P(O)(O)O.[Mo].[Mo].[Mo].[Mo].[Mo].[Mo].[Mo].[Mo].[Mo].[Mo].[Mo].[Mo]. The second kappa shape index (κ2) is 1180. The van der Waals surface area contributed by atoms with Crippen LogP contribution < -0.4 is 0 Å². The Morgan fingerprint density at radius 1 is 0.151 bits per heavy atom. The zero-order chi connectivity index (χ0) is 4.50. The molecule has 53 heavy (non-hydrogen) atoms. The van der Waals surface area contributed by atoms with Crippen molar-refractivity contribution in [3.63, 3.8) is 0 Å². The van der Waals surface area contributed by atoms with Crippen molar-refractivity contribution in [1.29, 1.82) is 0 Å².